The Labute approximate surface area is 89.2 Å². The molecule has 0 aromatic carbocycles. The summed E-state index contributed by atoms with van der Waals surface area (Å²) in [6.45, 7) is 0. The van der Waals surface area contributed by atoms with E-state index in [0.29, 0.717) is 14.5 Å². The van der Waals surface area contributed by atoms with Crippen molar-refractivity contribution < 1.29 is 0 Å². The number of anilines is 1. The predicted octanol–water partition coefficient (Wildman–Crippen LogP) is 1.27. The van der Waals surface area contributed by atoms with Crippen LogP contribution in [-0.4, -0.2) is 38.6 Å². The monoisotopic (exact) mass is 253 g/mol. The summed E-state index contributed by atoms with van der Waals surface area (Å²) in [5.41, 5.74) is 2.16. The van der Waals surface area contributed by atoms with Gasteiger partial charge in [0.05, 0.1) is 0 Å². The van der Waals surface area contributed by atoms with Gasteiger partial charge in [-0.15, -0.1) is 0 Å². The van der Waals surface area contributed by atoms with Crippen LogP contribution in [0, 0.1) is 0 Å². The van der Waals surface area contributed by atoms with E-state index < -0.39 is 0 Å². The van der Waals surface area contributed by atoms with Gasteiger partial charge in [0, 0.05) is 0 Å². The second kappa shape index (κ2) is 3.94. The summed E-state index contributed by atoms with van der Waals surface area (Å²) < 4.78 is 1.16. The number of hydrogen-bond acceptors (Lipinski definition) is 3. The molecule has 2 aromatic heterocycles. The number of pyridine rings is 1. The second-order valence-corrected chi connectivity index (χ2v) is 4.91. The van der Waals surface area contributed by atoms with Crippen LogP contribution in [0.1, 0.15) is 0 Å². The zero-order chi connectivity index (χ0) is 9.97. The Morgan fingerprint density at radius 3 is 2.79 bits per heavy atom. The van der Waals surface area contributed by atoms with Gasteiger partial charge in [-0.25, -0.2) is 0 Å². The first-order valence-electron chi connectivity index (χ1n) is 4.30. The predicted molar refractivity (Wildman–Crippen MR) is 58.7 cm³/mol. The Bertz CT molecular complexity index is 408. The molecular formula is C10H11N3Se. The number of nitrogens with zero attached hydrogens (tertiary/aromatic N) is 3. The normalized spacial score (nSPS) is 10.1. The standard InChI is InChI=1S/C10H11N3Se/c1-13(2)10-12-9(7-14-10)8-4-3-5-11-6-8/h3-7H,1-2H3. The van der Waals surface area contributed by atoms with E-state index in [4.69, 9.17) is 0 Å². The van der Waals surface area contributed by atoms with Crippen LogP contribution in [0.5, 0.6) is 0 Å². The fourth-order valence-corrected chi connectivity index (χ4v) is 2.73. The van der Waals surface area contributed by atoms with Gasteiger partial charge < -0.3 is 0 Å². The molecule has 0 saturated carbocycles. The van der Waals surface area contributed by atoms with Gasteiger partial charge in [0.25, 0.3) is 0 Å². The molecule has 0 aliphatic rings. The molecule has 0 unspecified atom stereocenters. The van der Waals surface area contributed by atoms with Crippen LogP contribution in [0.15, 0.2) is 29.5 Å². The van der Waals surface area contributed by atoms with Crippen LogP contribution < -0.4 is 4.90 Å². The summed E-state index contributed by atoms with van der Waals surface area (Å²) in [5, 5.41) is 0. The zero-order valence-electron chi connectivity index (χ0n) is 8.14. The molecule has 14 heavy (non-hydrogen) atoms. The summed E-state index contributed by atoms with van der Waals surface area (Å²) in [5.74, 6) is 0. The molecule has 0 radical (unpaired) electrons. The topological polar surface area (TPSA) is 29.0 Å². The first kappa shape index (κ1) is 9.44. The minimum atomic E-state index is 0.370. The third-order valence-corrected chi connectivity index (χ3v) is 3.95. The molecule has 0 spiro atoms. The fourth-order valence-electron chi connectivity index (χ4n) is 1.12. The van der Waals surface area contributed by atoms with Crippen LogP contribution >= 0.6 is 0 Å². The van der Waals surface area contributed by atoms with Crippen LogP contribution in [0.2, 0.25) is 0 Å². The van der Waals surface area contributed by atoms with E-state index in [-0.39, 0.29) is 0 Å². The van der Waals surface area contributed by atoms with Gasteiger partial charge in [0.1, 0.15) is 0 Å². The number of rotatable bonds is 2. The summed E-state index contributed by atoms with van der Waals surface area (Å²) in [4.78, 5) is 12.9. The zero-order valence-corrected chi connectivity index (χ0v) is 9.85. The molecule has 0 saturated heterocycles. The maximum absolute atomic E-state index is 4.55. The Hall–Kier alpha value is -1.12. The molecule has 72 valence electrons. The minimum absolute atomic E-state index is 0.370. The van der Waals surface area contributed by atoms with Crippen LogP contribution in [-0.2, 0) is 0 Å². The molecule has 0 atom stereocenters. The molecular weight excluding hydrogens is 241 g/mol. The van der Waals surface area contributed by atoms with E-state index >= 15 is 0 Å². The van der Waals surface area contributed by atoms with Crippen LogP contribution in [0.25, 0.3) is 11.3 Å². The van der Waals surface area contributed by atoms with E-state index in [1.54, 1.807) is 6.20 Å². The van der Waals surface area contributed by atoms with E-state index in [2.05, 4.69) is 19.8 Å². The van der Waals surface area contributed by atoms with Gasteiger partial charge >= 0.3 is 88.9 Å². The molecule has 4 heteroatoms. The summed E-state index contributed by atoms with van der Waals surface area (Å²) in [6.07, 6.45) is 3.63. The van der Waals surface area contributed by atoms with Crippen molar-refractivity contribution >= 4 is 19.2 Å². The first-order chi connectivity index (χ1) is 6.77. The Morgan fingerprint density at radius 1 is 1.36 bits per heavy atom. The summed E-state index contributed by atoms with van der Waals surface area (Å²) in [7, 11) is 4.06. The van der Waals surface area contributed by atoms with Crippen molar-refractivity contribution in [1.29, 1.82) is 0 Å². The molecule has 0 fully saturated rings. The van der Waals surface area contributed by atoms with E-state index in [1.165, 1.54) is 0 Å². The van der Waals surface area contributed by atoms with Crippen molar-refractivity contribution in [1.82, 2.24) is 9.97 Å². The van der Waals surface area contributed by atoms with Gasteiger partial charge in [0.15, 0.2) is 0 Å². The molecule has 0 bridgehead atoms. The first-order valence-corrected chi connectivity index (χ1v) is 6.15. The van der Waals surface area contributed by atoms with Gasteiger partial charge in [-0.2, -0.15) is 0 Å². The van der Waals surface area contributed by atoms with E-state index in [9.17, 15) is 0 Å². The third-order valence-electron chi connectivity index (χ3n) is 1.83. The number of aromatic nitrogens is 2. The van der Waals surface area contributed by atoms with Crippen molar-refractivity contribution in [2.75, 3.05) is 19.0 Å². The van der Waals surface area contributed by atoms with Gasteiger partial charge in [-0.3, -0.25) is 0 Å². The van der Waals surface area contributed by atoms with Crippen molar-refractivity contribution in [2.24, 2.45) is 0 Å². The van der Waals surface area contributed by atoms with E-state index in [1.807, 2.05) is 32.4 Å². The molecule has 0 aliphatic carbocycles. The van der Waals surface area contributed by atoms with Crippen molar-refractivity contribution in [2.45, 2.75) is 0 Å². The number of hydrogen-bond donors (Lipinski definition) is 0. The maximum atomic E-state index is 4.55. The SMILES string of the molecule is CN(C)c1nc(-c2cccnc2)c[se]1. The van der Waals surface area contributed by atoms with Gasteiger partial charge in [-0.1, -0.05) is 0 Å². The molecule has 0 amide bonds. The quantitative estimate of drug-likeness (QED) is 0.754. The molecule has 3 nitrogen and oxygen atoms in total. The summed E-state index contributed by atoms with van der Waals surface area (Å²) >= 11 is 0.370. The molecule has 2 heterocycles. The van der Waals surface area contributed by atoms with Crippen molar-refractivity contribution in [3.05, 3.63) is 29.5 Å². The fraction of sp³-hybridized carbons (Fsp3) is 0.200. The van der Waals surface area contributed by atoms with Gasteiger partial charge in [0.2, 0.25) is 0 Å². The Kier molecular flexibility index (Phi) is 2.66. The molecule has 2 rings (SSSR count). The Balaban J connectivity index is 2.34. The van der Waals surface area contributed by atoms with Crippen LogP contribution in [0.3, 0.4) is 0 Å². The van der Waals surface area contributed by atoms with Gasteiger partial charge in [-0.05, 0) is 0 Å². The average molecular weight is 252 g/mol. The van der Waals surface area contributed by atoms with Crippen molar-refractivity contribution in [3.63, 3.8) is 0 Å². The van der Waals surface area contributed by atoms with Crippen molar-refractivity contribution in [3.8, 4) is 11.3 Å². The Morgan fingerprint density at radius 2 is 2.21 bits per heavy atom. The average Bonchev–Trinajstić information content (AvgIpc) is 2.68. The molecule has 0 N–H and O–H groups in total. The second-order valence-electron chi connectivity index (χ2n) is 3.15. The van der Waals surface area contributed by atoms with E-state index in [0.717, 1.165) is 15.9 Å². The third kappa shape index (κ3) is 1.86. The van der Waals surface area contributed by atoms with Crippen LogP contribution in [0.4, 0.5) is 4.69 Å². The molecule has 0 aliphatic heterocycles. The summed E-state index contributed by atoms with van der Waals surface area (Å²) in [6, 6.07) is 3.98. The molecule has 2 aromatic rings.